The van der Waals surface area contributed by atoms with Crippen molar-refractivity contribution in [1.82, 2.24) is 20.0 Å². The molecule has 1 saturated heterocycles. The Morgan fingerprint density at radius 2 is 2.19 bits per heavy atom. The van der Waals surface area contributed by atoms with Crippen molar-refractivity contribution in [3.8, 4) is 17.3 Å². The van der Waals surface area contributed by atoms with Crippen LogP contribution in [0.3, 0.4) is 0 Å². The molecule has 1 atom stereocenters. The number of aromatic nitrogens is 3. The Balaban J connectivity index is 1.57. The molecular formula is C19H18N4O3. The molecule has 132 valence electrons. The van der Waals surface area contributed by atoms with Crippen molar-refractivity contribution in [3.63, 3.8) is 0 Å². The first-order valence-corrected chi connectivity index (χ1v) is 8.42. The highest BCUT2D eigenvalue weighted by Crippen LogP contribution is 2.34. The maximum absolute atomic E-state index is 12.4. The van der Waals surface area contributed by atoms with E-state index < -0.39 is 0 Å². The van der Waals surface area contributed by atoms with Gasteiger partial charge in [0.25, 0.3) is 0 Å². The van der Waals surface area contributed by atoms with E-state index in [0.717, 1.165) is 11.3 Å². The molecule has 0 spiro atoms. The normalized spacial score (nSPS) is 16.9. The molecule has 3 heterocycles. The Morgan fingerprint density at radius 1 is 1.27 bits per heavy atom. The molecule has 26 heavy (non-hydrogen) atoms. The van der Waals surface area contributed by atoms with Crippen LogP contribution in [-0.4, -0.2) is 33.0 Å². The number of hydrogen-bond donors (Lipinski definition) is 0. The number of ether oxygens (including phenoxy) is 1. The number of hydrogen-bond acceptors (Lipinski definition) is 6. The van der Waals surface area contributed by atoms with Crippen molar-refractivity contribution in [2.75, 3.05) is 7.11 Å². The molecule has 1 aromatic carbocycles. The molecule has 1 aliphatic rings. The predicted octanol–water partition coefficient (Wildman–Crippen LogP) is 3.00. The number of nitrogens with zero attached hydrogens (tertiary/aromatic N) is 4. The molecule has 1 unspecified atom stereocenters. The molecule has 2 aromatic heterocycles. The zero-order valence-corrected chi connectivity index (χ0v) is 14.3. The highest BCUT2D eigenvalue weighted by molar-refractivity contribution is 5.78. The lowest BCUT2D eigenvalue weighted by Gasteiger charge is -2.22. The third-order valence-electron chi connectivity index (χ3n) is 4.44. The third kappa shape index (κ3) is 3.15. The van der Waals surface area contributed by atoms with Gasteiger partial charge in [-0.15, -0.1) is 0 Å². The summed E-state index contributed by atoms with van der Waals surface area (Å²) in [6, 6.07) is 13.0. The summed E-state index contributed by atoms with van der Waals surface area (Å²) in [7, 11) is 1.63. The topological polar surface area (TPSA) is 81.4 Å². The van der Waals surface area contributed by atoms with Crippen LogP contribution in [-0.2, 0) is 11.3 Å². The fourth-order valence-electron chi connectivity index (χ4n) is 3.13. The van der Waals surface area contributed by atoms with E-state index >= 15 is 0 Å². The Kier molecular flexibility index (Phi) is 4.35. The summed E-state index contributed by atoms with van der Waals surface area (Å²) in [5, 5.41) is 4.02. The Labute approximate surface area is 150 Å². The zero-order chi connectivity index (χ0) is 17.9. The maximum atomic E-state index is 12.4. The van der Waals surface area contributed by atoms with Crippen molar-refractivity contribution < 1.29 is 14.1 Å². The Hall–Kier alpha value is -3.22. The van der Waals surface area contributed by atoms with E-state index in [-0.39, 0.29) is 11.9 Å². The van der Waals surface area contributed by atoms with Gasteiger partial charge in [0.1, 0.15) is 17.5 Å². The zero-order valence-electron chi connectivity index (χ0n) is 14.3. The summed E-state index contributed by atoms with van der Waals surface area (Å²) in [5.74, 6) is 1.72. The number of benzene rings is 1. The lowest BCUT2D eigenvalue weighted by Crippen LogP contribution is -2.27. The Morgan fingerprint density at radius 3 is 3.00 bits per heavy atom. The first-order valence-electron chi connectivity index (χ1n) is 8.42. The minimum Gasteiger partial charge on any atom is -0.497 e. The molecule has 0 saturated carbocycles. The lowest BCUT2D eigenvalue weighted by molar-refractivity contribution is -0.130. The highest BCUT2D eigenvalue weighted by Gasteiger charge is 2.36. The number of likely N-dealkylation sites (tertiary alicyclic amines) is 1. The molecule has 4 rings (SSSR count). The average Bonchev–Trinajstić information content (AvgIpc) is 3.30. The summed E-state index contributed by atoms with van der Waals surface area (Å²) >= 11 is 0. The van der Waals surface area contributed by atoms with Gasteiger partial charge in [-0.2, -0.15) is 4.98 Å². The smallest absolute Gasteiger partial charge is 0.249 e. The summed E-state index contributed by atoms with van der Waals surface area (Å²) < 4.78 is 10.7. The quantitative estimate of drug-likeness (QED) is 0.703. The molecule has 0 bridgehead atoms. The van der Waals surface area contributed by atoms with Gasteiger partial charge in [-0.05, 0) is 36.2 Å². The fraction of sp³-hybridized carbons (Fsp3) is 0.263. The molecule has 1 aliphatic heterocycles. The third-order valence-corrected chi connectivity index (χ3v) is 4.44. The average molecular weight is 350 g/mol. The van der Waals surface area contributed by atoms with Crippen LogP contribution in [0.15, 0.2) is 53.2 Å². The van der Waals surface area contributed by atoms with Crippen LogP contribution in [0.2, 0.25) is 0 Å². The monoisotopic (exact) mass is 350 g/mol. The van der Waals surface area contributed by atoms with Crippen LogP contribution in [0.25, 0.3) is 11.5 Å². The minimum atomic E-state index is -0.223. The van der Waals surface area contributed by atoms with Crippen LogP contribution in [0.1, 0.15) is 30.3 Å². The minimum absolute atomic E-state index is 0.0791. The van der Waals surface area contributed by atoms with E-state index in [2.05, 4.69) is 15.1 Å². The largest absolute Gasteiger partial charge is 0.497 e. The molecule has 3 aromatic rings. The SMILES string of the molecule is COc1cccc(CN2C(=O)CCC2c2nc(-c3ccccn3)no2)c1. The van der Waals surface area contributed by atoms with Crippen molar-refractivity contribution in [2.45, 2.75) is 25.4 Å². The standard InChI is InChI=1S/C19H18N4O3/c1-25-14-6-4-5-13(11-14)12-23-16(8-9-17(23)24)19-21-18(22-26-19)15-7-2-3-10-20-15/h2-7,10-11,16H,8-9,12H2,1H3. The molecule has 7 heteroatoms. The fourth-order valence-corrected chi connectivity index (χ4v) is 3.13. The highest BCUT2D eigenvalue weighted by atomic mass is 16.5. The molecule has 7 nitrogen and oxygen atoms in total. The Bertz CT molecular complexity index is 910. The van der Waals surface area contributed by atoms with Gasteiger partial charge in [-0.3, -0.25) is 9.78 Å². The van der Waals surface area contributed by atoms with Crippen LogP contribution in [0, 0.1) is 0 Å². The second kappa shape index (κ2) is 6.95. The first-order chi connectivity index (χ1) is 12.7. The number of carbonyl (C=O) groups excluding carboxylic acids is 1. The summed E-state index contributed by atoms with van der Waals surface area (Å²) in [6.45, 7) is 0.474. The van der Waals surface area contributed by atoms with E-state index in [1.54, 1.807) is 18.2 Å². The number of rotatable bonds is 5. The van der Waals surface area contributed by atoms with Gasteiger partial charge < -0.3 is 14.2 Å². The molecule has 0 radical (unpaired) electrons. The van der Waals surface area contributed by atoms with Gasteiger partial charge >= 0.3 is 0 Å². The molecule has 1 amide bonds. The number of methoxy groups -OCH3 is 1. The van der Waals surface area contributed by atoms with Gasteiger partial charge in [0.15, 0.2) is 0 Å². The van der Waals surface area contributed by atoms with Gasteiger partial charge in [0.05, 0.1) is 7.11 Å². The van der Waals surface area contributed by atoms with E-state index in [9.17, 15) is 4.79 Å². The summed E-state index contributed by atoms with van der Waals surface area (Å²) in [6.07, 6.45) is 2.81. The second-order valence-electron chi connectivity index (χ2n) is 6.10. The van der Waals surface area contributed by atoms with Crippen molar-refractivity contribution in [1.29, 1.82) is 0 Å². The number of amides is 1. The van der Waals surface area contributed by atoms with E-state index in [1.165, 1.54) is 0 Å². The van der Waals surface area contributed by atoms with Crippen LogP contribution < -0.4 is 4.74 Å². The first kappa shape index (κ1) is 16.3. The second-order valence-corrected chi connectivity index (χ2v) is 6.10. The van der Waals surface area contributed by atoms with Gasteiger partial charge in [0.2, 0.25) is 17.6 Å². The van der Waals surface area contributed by atoms with Crippen LogP contribution in [0.4, 0.5) is 0 Å². The summed E-state index contributed by atoms with van der Waals surface area (Å²) in [4.78, 5) is 22.9. The van der Waals surface area contributed by atoms with Gasteiger partial charge in [-0.25, -0.2) is 0 Å². The maximum Gasteiger partial charge on any atom is 0.249 e. The van der Waals surface area contributed by atoms with Crippen molar-refractivity contribution >= 4 is 5.91 Å². The lowest BCUT2D eigenvalue weighted by atomic mass is 10.1. The van der Waals surface area contributed by atoms with Gasteiger partial charge in [-0.1, -0.05) is 23.4 Å². The molecular weight excluding hydrogens is 332 g/mol. The van der Waals surface area contributed by atoms with Crippen LogP contribution in [0.5, 0.6) is 5.75 Å². The molecule has 0 N–H and O–H groups in total. The predicted molar refractivity (Wildman–Crippen MR) is 93.0 cm³/mol. The molecule has 0 aliphatic carbocycles. The van der Waals surface area contributed by atoms with Crippen molar-refractivity contribution in [3.05, 3.63) is 60.1 Å². The van der Waals surface area contributed by atoms with Gasteiger partial charge in [0, 0.05) is 19.2 Å². The summed E-state index contributed by atoms with van der Waals surface area (Å²) in [5.41, 5.74) is 1.64. The van der Waals surface area contributed by atoms with Crippen LogP contribution >= 0.6 is 0 Å². The van der Waals surface area contributed by atoms with E-state index in [4.69, 9.17) is 9.26 Å². The molecule has 1 fully saturated rings. The number of carbonyl (C=O) groups is 1. The number of pyridine rings is 1. The van der Waals surface area contributed by atoms with E-state index in [1.807, 2.05) is 42.5 Å². The van der Waals surface area contributed by atoms with E-state index in [0.29, 0.717) is 36.8 Å². The van der Waals surface area contributed by atoms with Crippen molar-refractivity contribution in [2.24, 2.45) is 0 Å².